The average Bonchev–Trinajstić information content (AvgIpc) is 2.15. The summed E-state index contributed by atoms with van der Waals surface area (Å²) in [4.78, 5) is 31.6. The molecule has 0 unspecified atom stereocenters. The second-order valence-corrected chi connectivity index (χ2v) is 2.89. The van der Waals surface area contributed by atoms with Gasteiger partial charge in [0.05, 0.1) is 0 Å². The minimum absolute atomic E-state index is 0.0845. The predicted molar refractivity (Wildman–Crippen MR) is 51.3 cm³/mol. The first-order chi connectivity index (χ1) is 6.97. The number of carboxylic acid groups (broad SMARTS) is 2. The maximum atomic E-state index is 10.8. The average molecular weight is 215 g/mol. The van der Waals surface area contributed by atoms with Gasteiger partial charge in [0, 0.05) is 6.42 Å². The number of carboxylic acids is 2. The number of amides is 1. The van der Waals surface area contributed by atoms with Crippen LogP contribution in [0.5, 0.6) is 0 Å². The van der Waals surface area contributed by atoms with Gasteiger partial charge in [-0.05, 0) is 18.9 Å². The van der Waals surface area contributed by atoms with Gasteiger partial charge < -0.3 is 15.5 Å². The lowest BCUT2D eigenvalue weighted by molar-refractivity contribution is -0.142. The van der Waals surface area contributed by atoms with Crippen LogP contribution in [0, 0.1) is 0 Å². The number of nitrogens with one attached hydrogen (secondary N) is 1. The lowest BCUT2D eigenvalue weighted by Gasteiger charge is -2.12. The molecule has 15 heavy (non-hydrogen) atoms. The molecular formula is C9H13NO5. The molecule has 0 saturated heterocycles. The van der Waals surface area contributed by atoms with Crippen molar-refractivity contribution in [3.8, 4) is 0 Å². The molecule has 0 bridgehead atoms. The van der Waals surface area contributed by atoms with Crippen LogP contribution in [0.4, 0.5) is 0 Å². The van der Waals surface area contributed by atoms with E-state index >= 15 is 0 Å². The zero-order valence-corrected chi connectivity index (χ0v) is 8.10. The second kappa shape index (κ2) is 6.58. The Hall–Kier alpha value is -1.85. The summed E-state index contributed by atoms with van der Waals surface area (Å²) in [5.74, 6) is -2.76. The Kier molecular flexibility index (Phi) is 5.77. The first-order valence-electron chi connectivity index (χ1n) is 4.35. The van der Waals surface area contributed by atoms with Gasteiger partial charge in [0.15, 0.2) is 0 Å². The van der Waals surface area contributed by atoms with Crippen molar-refractivity contribution >= 4 is 17.8 Å². The zero-order valence-electron chi connectivity index (χ0n) is 8.10. The maximum Gasteiger partial charge on any atom is 0.326 e. The van der Waals surface area contributed by atoms with Crippen molar-refractivity contribution in [2.75, 3.05) is 0 Å². The molecule has 0 aromatic rings. The van der Waals surface area contributed by atoms with Gasteiger partial charge >= 0.3 is 11.9 Å². The van der Waals surface area contributed by atoms with E-state index in [1.807, 2.05) is 0 Å². The summed E-state index contributed by atoms with van der Waals surface area (Å²) < 4.78 is 0. The van der Waals surface area contributed by atoms with Gasteiger partial charge in [0.25, 0.3) is 0 Å². The van der Waals surface area contributed by atoms with Crippen LogP contribution in [0.15, 0.2) is 12.7 Å². The third-order valence-electron chi connectivity index (χ3n) is 1.68. The molecule has 3 N–H and O–H groups in total. The van der Waals surface area contributed by atoms with E-state index in [1.165, 1.54) is 0 Å². The van der Waals surface area contributed by atoms with Gasteiger partial charge in [-0.15, -0.1) is 0 Å². The lowest BCUT2D eigenvalue weighted by atomic mass is 10.1. The highest BCUT2D eigenvalue weighted by Gasteiger charge is 2.18. The van der Waals surface area contributed by atoms with Crippen molar-refractivity contribution < 1.29 is 24.6 Å². The smallest absolute Gasteiger partial charge is 0.326 e. The minimum atomic E-state index is -1.18. The van der Waals surface area contributed by atoms with Gasteiger partial charge in [0.2, 0.25) is 5.91 Å². The summed E-state index contributed by atoms with van der Waals surface area (Å²) in [6, 6.07) is -1.06. The van der Waals surface area contributed by atoms with E-state index in [0.717, 1.165) is 6.08 Å². The van der Waals surface area contributed by atoms with Crippen LogP contribution in [-0.4, -0.2) is 34.1 Å². The van der Waals surface area contributed by atoms with E-state index in [1.54, 1.807) is 0 Å². The Morgan fingerprint density at radius 2 is 1.93 bits per heavy atom. The Morgan fingerprint density at radius 3 is 2.33 bits per heavy atom. The summed E-state index contributed by atoms with van der Waals surface area (Å²) in [5.41, 5.74) is 0. The van der Waals surface area contributed by atoms with Crippen molar-refractivity contribution in [3.05, 3.63) is 12.7 Å². The normalized spacial score (nSPS) is 11.5. The van der Waals surface area contributed by atoms with Crippen LogP contribution in [0.25, 0.3) is 0 Å². The van der Waals surface area contributed by atoms with Gasteiger partial charge in [-0.25, -0.2) is 4.79 Å². The second-order valence-electron chi connectivity index (χ2n) is 2.89. The third-order valence-corrected chi connectivity index (χ3v) is 1.68. The van der Waals surface area contributed by atoms with E-state index in [2.05, 4.69) is 11.9 Å². The first kappa shape index (κ1) is 13.2. The SMILES string of the molecule is C=CC(=O)N[C@H](CCCC(=O)O)C(=O)O. The van der Waals surface area contributed by atoms with Gasteiger partial charge in [0.1, 0.15) is 6.04 Å². The van der Waals surface area contributed by atoms with Crippen LogP contribution < -0.4 is 5.32 Å². The third kappa shape index (κ3) is 6.25. The van der Waals surface area contributed by atoms with Crippen LogP contribution in [0.3, 0.4) is 0 Å². The fourth-order valence-electron chi connectivity index (χ4n) is 0.945. The molecule has 1 atom stereocenters. The standard InChI is InChI=1S/C9H13NO5/c1-2-7(11)10-6(9(14)15)4-3-5-8(12)13/h2,6H,1,3-5H2,(H,10,11)(H,12,13)(H,14,15)/t6-/m1/s1. The van der Waals surface area contributed by atoms with E-state index in [9.17, 15) is 14.4 Å². The van der Waals surface area contributed by atoms with E-state index in [4.69, 9.17) is 10.2 Å². The quantitative estimate of drug-likeness (QED) is 0.518. The number of aliphatic carboxylic acids is 2. The van der Waals surface area contributed by atoms with E-state index < -0.39 is 23.9 Å². The van der Waals surface area contributed by atoms with Crippen LogP contribution >= 0.6 is 0 Å². The van der Waals surface area contributed by atoms with Crippen LogP contribution in [-0.2, 0) is 14.4 Å². The predicted octanol–water partition coefficient (Wildman–Crippen LogP) is -0.00330. The van der Waals surface area contributed by atoms with Crippen molar-refractivity contribution in [1.82, 2.24) is 5.32 Å². The van der Waals surface area contributed by atoms with Crippen molar-refractivity contribution in [2.45, 2.75) is 25.3 Å². The largest absolute Gasteiger partial charge is 0.481 e. The summed E-state index contributed by atoms with van der Waals surface area (Å²) in [7, 11) is 0. The summed E-state index contributed by atoms with van der Waals surface area (Å²) in [6.45, 7) is 3.18. The maximum absolute atomic E-state index is 10.8. The summed E-state index contributed by atoms with van der Waals surface area (Å²) in [5, 5.41) is 19.2. The van der Waals surface area contributed by atoms with Crippen LogP contribution in [0.2, 0.25) is 0 Å². The minimum Gasteiger partial charge on any atom is -0.481 e. The molecule has 0 aliphatic heterocycles. The molecule has 0 heterocycles. The number of carbonyl (C=O) groups is 3. The Morgan fingerprint density at radius 1 is 1.33 bits per heavy atom. The number of hydrogen-bond acceptors (Lipinski definition) is 3. The fourth-order valence-corrected chi connectivity index (χ4v) is 0.945. The molecule has 0 aromatic heterocycles. The van der Waals surface area contributed by atoms with E-state index in [0.29, 0.717) is 0 Å². The molecule has 1 amide bonds. The summed E-state index contributed by atoms with van der Waals surface area (Å²) in [6.07, 6.45) is 1.13. The number of rotatable bonds is 7. The molecule has 0 aliphatic rings. The molecule has 0 fully saturated rings. The molecule has 0 saturated carbocycles. The number of carbonyl (C=O) groups excluding carboxylic acids is 1. The summed E-state index contributed by atoms with van der Waals surface area (Å²) >= 11 is 0. The molecule has 0 spiro atoms. The van der Waals surface area contributed by atoms with Gasteiger partial charge in [-0.2, -0.15) is 0 Å². The molecule has 0 rings (SSSR count). The first-order valence-corrected chi connectivity index (χ1v) is 4.35. The van der Waals surface area contributed by atoms with Gasteiger partial charge in [-0.3, -0.25) is 9.59 Å². The molecule has 0 aliphatic carbocycles. The molecular weight excluding hydrogens is 202 g/mol. The fraction of sp³-hybridized carbons (Fsp3) is 0.444. The Bertz CT molecular complexity index is 274. The Balaban J connectivity index is 4.05. The lowest BCUT2D eigenvalue weighted by Crippen LogP contribution is -2.39. The van der Waals surface area contributed by atoms with Crippen molar-refractivity contribution in [3.63, 3.8) is 0 Å². The van der Waals surface area contributed by atoms with Gasteiger partial charge in [-0.1, -0.05) is 6.58 Å². The monoisotopic (exact) mass is 215 g/mol. The highest BCUT2D eigenvalue weighted by molar-refractivity contribution is 5.90. The molecule has 0 radical (unpaired) electrons. The zero-order chi connectivity index (χ0) is 11.8. The Labute approximate surface area is 86.6 Å². The van der Waals surface area contributed by atoms with Crippen LogP contribution in [0.1, 0.15) is 19.3 Å². The molecule has 6 nitrogen and oxygen atoms in total. The van der Waals surface area contributed by atoms with Crippen molar-refractivity contribution in [2.24, 2.45) is 0 Å². The highest BCUT2D eigenvalue weighted by Crippen LogP contribution is 2.01. The molecule has 0 aromatic carbocycles. The highest BCUT2D eigenvalue weighted by atomic mass is 16.4. The molecule has 84 valence electrons. The topological polar surface area (TPSA) is 104 Å². The number of hydrogen-bond donors (Lipinski definition) is 3. The van der Waals surface area contributed by atoms with Crippen molar-refractivity contribution in [1.29, 1.82) is 0 Å². The van der Waals surface area contributed by atoms with E-state index in [-0.39, 0.29) is 19.3 Å². The molecule has 6 heteroatoms.